The van der Waals surface area contributed by atoms with Gasteiger partial charge in [-0.3, -0.25) is 4.98 Å². The van der Waals surface area contributed by atoms with E-state index in [4.69, 9.17) is 16.3 Å². The SMILES string of the molecule is CC1CCOC1C(Cl)C(C)c1ccncc1. The van der Waals surface area contributed by atoms with Gasteiger partial charge in [-0.2, -0.15) is 0 Å². The van der Waals surface area contributed by atoms with Crippen LogP contribution >= 0.6 is 11.6 Å². The molecule has 16 heavy (non-hydrogen) atoms. The Morgan fingerprint density at radius 1 is 1.44 bits per heavy atom. The predicted molar refractivity (Wildman–Crippen MR) is 65.8 cm³/mol. The van der Waals surface area contributed by atoms with Gasteiger partial charge in [0.25, 0.3) is 0 Å². The van der Waals surface area contributed by atoms with Gasteiger partial charge in [0.2, 0.25) is 0 Å². The summed E-state index contributed by atoms with van der Waals surface area (Å²) < 4.78 is 5.72. The molecule has 1 aliphatic heterocycles. The Morgan fingerprint density at radius 2 is 2.12 bits per heavy atom. The van der Waals surface area contributed by atoms with E-state index < -0.39 is 0 Å². The topological polar surface area (TPSA) is 22.1 Å². The molecule has 0 spiro atoms. The third kappa shape index (κ3) is 2.38. The Balaban J connectivity index is 2.07. The van der Waals surface area contributed by atoms with E-state index in [1.165, 1.54) is 5.56 Å². The molecular weight excluding hydrogens is 222 g/mol. The van der Waals surface area contributed by atoms with Crippen molar-refractivity contribution in [3.63, 3.8) is 0 Å². The maximum atomic E-state index is 6.52. The number of alkyl halides is 1. The van der Waals surface area contributed by atoms with Crippen LogP contribution in [0.2, 0.25) is 0 Å². The highest BCUT2D eigenvalue weighted by atomic mass is 35.5. The molecule has 0 aromatic carbocycles. The lowest BCUT2D eigenvalue weighted by molar-refractivity contribution is 0.0854. The van der Waals surface area contributed by atoms with Crippen LogP contribution in [0.5, 0.6) is 0 Å². The van der Waals surface area contributed by atoms with Crippen LogP contribution in [-0.2, 0) is 4.74 Å². The van der Waals surface area contributed by atoms with E-state index in [-0.39, 0.29) is 11.5 Å². The average molecular weight is 240 g/mol. The Morgan fingerprint density at radius 3 is 2.69 bits per heavy atom. The third-order valence-corrected chi connectivity index (χ3v) is 4.09. The molecule has 1 fully saturated rings. The molecule has 0 N–H and O–H groups in total. The van der Waals surface area contributed by atoms with Crippen molar-refractivity contribution in [3.05, 3.63) is 30.1 Å². The summed E-state index contributed by atoms with van der Waals surface area (Å²) >= 11 is 6.52. The summed E-state index contributed by atoms with van der Waals surface area (Å²) in [5.41, 5.74) is 1.23. The highest BCUT2D eigenvalue weighted by Crippen LogP contribution is 2.33. The zero-order valence-electron chi connectivity index (χ0n) is 9.77. The molecule has 2 rings (SSSR count). The number of pyridine rings is 1. The van der Waals surface area contributed by atoms with Crippen LogP contribution in [0.1, 0.15) is 31.7 Å². The fraction of sp³-hybridized carbons (Fsp3) is 0.615. The van der Waals surface area contributed by atoms with E-state index in [1.54, 1.807) is 0 Å². The monoisotopic (exact) mass is 239 g/mol. The average Bonchev–Trinajstić information content (AvgIpc) is 2.75. The van der Waals surface area contributed by atoms with Crippen molar-refractivity contribution in [3.8, 4) is 0 Å². The first-order valence-electron chi connectivity index (χ1n) is 5.85. The van der Waals surface area contributed by atoms with Crippen molar-refractivity contribution in [1.29, 1.82) is 0 Å². The smallest absolute Gasteiger partial charge is 0.0770 e. The lowest BCUT2D eigenvalue weighted by Gasteiger charge is -2.26. The summed E-state index contributed by atoms with van der Waals surface area (Å²) in [5, 5.41) is 0.0416. The Labute approximate surface area is 102 Å². The van der Waals surface area contributed by atoms with Crippen molar-refractivity contribution in [1.82, 2.24) is 4.98 Å². The second-order valence-electron chi connectivity index (χ2n) is 4.62. The standard InChI is InChI=1S/C13H18ClNO/c1-9-5-8-16-13(9)12(14)10(2)11-3-6-15-7-4-11/h3-4,6-7,9-10,12-13H,5,8H2,1-2H3. The molecule has 0 saturated carbocycles. The fourth-order valence-corrected chi connectivity index (χ4v) is 2.73. The van der Waals surface area contributed by atoms with Crippen LogP contribution in [-0.4, -0.2) is 23.1 Å². The highest BCUT2D eigenvalue weighted by Gasteiger charge is 2.34. The first-order valence-corrected chi connectivity index (χ1v) is 6.29. The lowest BCUT2D eigenvalue weighted by Crippen LogP contribution is -2.29. The molecule has 0 amide bonds. The summed E-state index contributed by atoms with van der Waals surface area (Å²) in [4.78, 5) is 4.03. The van der Waals surface area contributed by atoms with Crippen LogP contribution in [0.25, 0.3) is 0 Å². The van der Waals surface area contributed by atoms with Crippen molar-refractivity contribution in [2.24, 2.45) is 5.92 Å². The number of aromatic nitrogens is 1. The summed E-state index contributed by atoms with van der Waals surface area (Å²) in [7, 11) is 0. The molecule has 88 valence electrons. The van der Waals surface area contributed by atoms with Gasteiger partial charge in [-0.05, 0) is 30.0 Å². The second-order valence-corrected chi connectivity index (χ2v) is 5.12. The van der Waals surface area contributed by atoms with Gasteiger partial charge >= 0.3 is 0 Å². The number of rotatable bonds is 3. The molecule has 4 atom stereocenters. The third-order valence-electron chi connectivity index (χ3n) is 3.47. The minimum absolute atomic E-state index is 0.0416. The minimum atomic E-state index is 0.0416. The number of hydrogen-bond acceptors (Lipinski definition) is 2. The van der Waals surface area contributed by atoms with E-state index >= 15 is 0 Å². The predicted octanol–water partition coefficient (Wildman–Crippen LogP) is 3.22. The van der Waals surface area contributed by atoms with Crippen LogP contribution in [0.4, 0.5) is 0 Å². The quantitative estimate of drug-likeness (QED) is 0.756. The van der Waals surface area contributed by atoms with Crippen LogP contribution in [0.3, 0.4) is 0 Å². The number of nitrogens with zero attached hydrogens (tertiary/aromatic N) is 1. The maximum absolute atomic E-state index is 6.52. The normalized spacial score (nSPS) is 28.9. The van der Waals surface area contributed by atoms with Crippen LogP contribution in [0.15, 0.2) is 24.5 Å². The summed E-state index contributed by atoms with van der Waals surface area (Å²) in [6, 6.07) is 4.05. The molecule has 0 radical (unpaired) electrons. The molecule has 2 heterocycles. The molecule has 3 heteroatoms. The van der Waals surface area contributed by atoms with Gasteiger partial charge in [-0.15, -0.1) is 11.6 Å². The minimum Gasteiger partial charge on any atom is -0.376 e. The zero-order valence-corrected chi connectivity index (χ0v) is 10.5. The van der Waals surface area contributed by atoms with Gasteiger partial charge in [-0.25, -0.2) is 0 Å². The van der Waals surface area contributed by atoms with E-state index in [0.717, 1.165) is 13.0 Å². The molecule has 1 aromatic rings. The number of hydrogen-bond donors (Lipinski definition) is 0. The van der Waals surface area contributed by atoms with Crippen molar-refractivity contribution in [2.45, 2.75) is 37.7 Å². The second kappa shape index (κ2) is 5.15. The molecule has 0 aliphatic carbocycles. The van der Waals surface area contributed by atoms with Crippen molar-refractivity contribution in [2.75, 3.05) is 6.61 Å². The maximum Gasteiger partial charge on any atom is 0.0770 e. The van der Waals surface area contributed by atoms with Crippen molar-refractivity contribution < 1.29 is 4.74 Å². The molecule has 1 saturated heterocycles. The number of halogens is 1. The Bertz CT molecular complexity index is 330. The van der Waals surface area contributed by atoms with Gasteiger partial charge in [0.05, 0.1) is 11.5 Å². The first-order chi connectivity index (χ1) is 7.70. The summed E-state index contributed by atoms with van der Waals surface area (Å²) in [6.45, 7) is 5.21. The summed E-state index contributed by atoms with van der Waals surface area (Å²) in [6.07, 6.45) is 4.93. The molecule has 4 unspecified atom stereocenters. The van der Waals surface area contributed by atoms with Crippen molar-refractivity contribution >= 4 is 11.6 Å². The van der Waals surface area contributed by atoms with Gasteiger partial charge in [0.1, 0.15) is 0 Å². The van der Waals surface area contributed by atoms with Gasteiger partial charge < -0.3 is 4.74 Å². The lowest BCUT2D eigenvalue weighted by atomic mass is 9.90. The van der Waals surface area contributed by atoms with Crippen LogP contribution < -0.4 is 0 Å². The molecule has 1 aliphatic rings. The van der Waals surface area contributed by atoms with E-state index in [2.05, 4.69) is 18.8 Å². The van der Waals surface area contributed by atoms with E-state index in [1.807, 2.05) is 24.5 Å². The molecule has 0 bridgehead atoms. The van der Waals surface area contributed by atoms with Gasteiger partial charge in [0.15, 0.2) is 0 Å². The fourth-order valence-electron chi connectivity index (χ4n) is 2.26. The molecular formula is C13H18ClNO. The summed E-state index contributed by atoms with van der Waals surface area (Å²) in [5.74, 6) is 0.863. The Kier molecular flexibility index (Phi) is 3.82. The Hall–Kier alpha value is -0.600. The van der Waals surface area contributed by atoms with Crippen LogP contribution in [0, 0.1) is 5.92 Å². The van der Waals surface area contributed by atoms with Gasteiger partial charge in [-0.1, -0.05) is 13.8 Å². The highest BCUT2D eigenvalue weighted by molar-refractivity contribution is 6.21. The zero-order chi connectivity index (χ0) is 11.5. The van der Waals surface area contributed by atoms with Gasteiger partial charge in [0, 0.05) is 24.9 Å². The number of ether oxygens (including phenoxy) is 1. The largest absolute Gasteiger partial charge is 0.376 e. The van der Waals surface area contributed by atoms with E-state index in [9.17, 15) is 0 Å². The molecule has 1 aromatic heterocycles. The van der Waals surface area contributed by atoms with E-state index in [0.29, 0.717) is 11.8 Å². The first kappa shape index (κ1) is 11.9. The molecule has 2 nitrogen and oxygen atoms in total.